The van der Waals surface area contributed by atoms with Crippen LogP contribution < -0.4 is 5.32 Å². The Morgan fingerprint density at radius 3 is 2.72 bits per heavy atom. The number of hydrogen-bond acceptors (Lipinski definition) is 3. The third kappa shape index (κ3) is 4.55. The van der Waals surface area contributed by atoms with Gasteiger partial charge in [0.25, 0.3) is 6.43 Å². The molecule has 0 radical (unpaired) electrons. The van der Waals surface area contributed by atoms with Crippen molar-refractivity contribution in [2.75, 3.05) is 6.54 Å². The van der Waals surface area contributed by atoms with Crippen molar-refractivity contribution in [3.05, 3.63) is 36.8 Å². The van der Waals surface area contributed by atoms with Crippen LogP contribution >= 0.6 is 0 Å². The normalized spacial score (nSPS) is 19.7. The second-order valence-corrected chi connectivity index (χ2v) is 7.59. The quantitative estimate of drug-likeness (QED) is 0.647. The number of aromatic nitrogens is 4. The molecule has 29 heavy (non-hydrogen) atoms. The zero-order valence-corrected chi connectivity index (χ0v) is 15.8. The van der Waals surface area contributed by atoms with Gasteiger partial charge in [0, 0.05) is 29.9 Å². The number of nitrogens with zero attached hydrogens (tertiary/aromatic N) is 4. The van der Waals surface area contributed by atoms with Gasteiger partial charge in [0.2, 0.25) is 0 Å². The van der Waals surface area contributed by atoms with Crippen molar-refractivity contribution in [3.63, 3.8) is 0 Å². The lowest BCUT2D eigenvalue weighted by Crippen LogP contribution is -2.30. The van der Waals surface area contributed by atoms with Gasteiger partial charge >= 0.3 is 6.09 Å². The second kappa shape index (κ2) is 8.18. The summed E-state index contributed by atoms with van der Waals surface area (Å²) >= 11 is 0. The molecular weight excluding hydrogens is 380 g/mol. The van der Waals surface area contributed by atoms with Crippen molar-refractivity contribution in [2.45, 2.75) is 44.7 Å². The number of rotatable bonds is 6. The topological polar surface area (TPSA) is 85.0 Å². The summed E-state index contributed by atoms with van der Waals surface area (Å²) in [6, 6.07) is 6.20. The molecule has 4 rings (SSSR count). The van der Waals surface area contributed by atoms with E-state index in [9.17, 15) is 13.6 Å². The second-order valence-electron chi connectivity index (χ2n) is 7.59. The summed E-state index contributed by atoms with van der Waals surface area (Å²) < 4.78 is 28.3. The van der Waals surface area contributed by atoms with Crippen LogP contribution in [0.3, 0.4) is 0 Å². The summed E-state index contributed by atoms with van der Waals surface area (Å²) in [5.41, 5.74) is 2.54. The molecule has 1 aliphatic rings. The highest BCUT2D eigenvalue weighted by atomic mass is 19.3. The summed E-state index contributed by atoms with van der Waals surface area (Å²) in [4.78, 5) is 10.6. The number of amides is 1. The van der Waals surface area contributed by atoms with E-state index in [0.717, 1.165) is 47.7 Å². The molecular formula is C20H23F2N5O2. The highest BCUT2D eigenvalue weighted by Crippen LogP contribution is 2.33. The van der Waals surface area contributed by atoms with Crippen LogP contribution in [0.1, 0.15) is 31.7 Å². The van der Waals surface area contributed by atoms with E-state index in [1.165, 1.54) is 4.68 Å². The molecule has 0 aliphatic heterocycles. The van der Waals surface area contributed by atoms with Crippen LogP contribution in [0, 0.1) is 5.92 Å². The highest BCUT2D eigenvalue weighted by Gasteiger charge is 2.23. The van der Waals surface area contributed by atoms with Gasteiger partial charge in [-0.05, 0) is 43.2 Å². The predicted molar refractivity (Wildman–Crippen MR) is 104 cm³/mol. The molecule has 2 aromatic heterocycles. The van der Waals surface area contributed by atoms with Gasteiger partial charge in [0.05, 0.1) is 17.8 Å². The molecule has 154 valence electrons. The number of hydrogen-bond donors (Lipinski definition) is 2. The summed E-state index contributed by atoms with van der Waals surface area (Å²) in [7, 11) is 0. The number of nitrogens with one attached hydrogen (secondary N) is 1. The highest BCUT2D eigenvalue weighted by molar-refractivity contribution is 5.83. The first kappa shape index (κ1) is 19.4. The van der Waals surface area contributed by atoms with Crippen molar-refractivity contribution in [1.82, 2.24) is 24.9 Å². The zero-order chi connectivity index (χ0) is 20.4. The van der Waals surface area contributed by atoms with Gasteiger partial charge in [-0.3, -0.25) is 9.36 Å². The Balaban J connectivity index is 1.45. The van der Waals surface area contributed by atoms with Gasteiger partial charge in [-0.2, -0.15) is 10.2 Å². The lowest BCUT2D eigenvalue weighted by atomic mass is 9.86. The minimum absolute atomic E-state index is 0.306. The van der Waals surface area contributed by atoms with Crippen molar-refractivity contribution in [3.8, 4) is 11.1 Å². The molecule has 1 fully saturated rings. The van der Waals surface area contributed by atoms with Crippen molar-refractivity contribution >= 4 is 17.0 Å². The average molecular weight is 403 g/mol. The lowest BCUT2D eigenvalue weighted by Gasteiger charge is -2.28. The molecule has 0 bridgehead atoms. The first-order valence-electron chi connectivity index (χ1n) is 9.74. The molecule has 3 aromatic rings. The standard InChI is InChI=1S/C20H23F2N5O2/c21-19(22)12-26-10-16(9-24-26)14-3-4-15-11-27(25-18(15)7-14)17-5-1-13(2-6-17)8-23-20(28)29/h3-4,7,9-11,13,17,19,23H,1-2,5-6,8,12H2,(H,28,29)/t13-,17-. The Kier molecular flexibility index (Phi) is 5.46. The number of carboxylic acid groups (broad SMARTS) is 1. The molecule has 2 heterocycles. The fourth-order valence-corrected chi connectivity index (χ4v) is 4.00. The van der Waals surface area contributed by atoms with Gasteiger partial charge in [0.1, 0.15) is 6.54 Å². The third-order valence-electron chi connectivity index (χ3n) is 5.55. The van der Waals surface area contributed by atoms with E-state index in [-0.39, 0.29) is 0 Å². The largest absolute Gasteiger partial charge is 0.465 e. The van der Waals surface area contributed by atoms with Gasteiger partial charge in [0.15, 0.2) is 0 Å². The molecule has 0 unspecified atom stereocenters. The Morgan fingerprint density at radius 2 is 2.00 bits per heavy atom. The number of carbonyl (C=O) groups is 1. The Morgan fingerprint density at radius 1 is 1.21 bits per heavy atom. The summed E-state index contributed by atoms with van der Waals surface area (Å²) in [5.74, 6) is 0.378. The molecule has 0 saturated heterocycles. The molecule has 7 nitrogen and oxygen atoms in total. The molecule has 2 N–H and O–H groups in total. The fourth-order valence-electron chi connectivity index (χ4n) is 4.00. The van der Waals surface area contributed by atoms with E-state index in [2.05, 4.69) is 10.4 Å². The molecule has 9 heteroatoms. The fraction of sp³-hybridized carbons (Fsp3) is 0.450. The molecule has 0 atom stereocenters. The van der Waals surface area contributed by atoms with Gasteiger partial charge in [-0.1, -0.05) is 12.1 Å². The lowest BCUT2D eigenvalue weighted by molar-refractivity contribution is 0.122. The summed E-state index contributed by atoms with van der Waals surface area (Å²) in [5, 5.41) is 21.0. The minimum Gasteiger partial charge on any atom is -0.465 e. The zero-order valence-electron chi connectivity index (χ0n) is 15.8. The van der Waals surface area contributed by atoms with Gasteiger partial charge < -0.3 is 10.4 Å². The van der Waals surface area contributed by atoms with Crippen LogP contribution in [0.2, 0.25) is 0 Å². The van der Waals surface area contributed by atoms with E-state index in [1.54, 1.807) is 12.4 Å². The van der Waals surface area contributed by atoms with E-state index in [4.69, 9.17) is 10.2 Å². The first-order valence-corrected chi connectivity index (χ1v) is 9.74. The van der Waals surface area contributed by atoms with Crippen LogP contribution in [0.5, 0.6) is 0 Å². The van der Waals surface area contributed by atoms with Crippen LogP contribution in [-0.4, -0.2) is 43.7 Å². The van der Waals surface area contributed by atoms with Crippen LogP contribution in [0.4, 0.5) is 13.6 Å². The number of halogens is 2. The monoisotopic (exact) mass is 403 g/mol. The number of benzene rings is 1. The van der Waals surface area contributed by atoms with E-state index in [0.29, 0.717) is 18.5 Å². The third-order valence-corrected chi connectivity index (χ3v) is 5.55. The molecule has 1 saturated carbocycles. The van der Waals surface area contributed by atoms with E-state index in [1.807, 2.05) is 29.1 Å². The van der Waals surface area contributed by atoms with Gasteiger partial charge in [-0.15, -0.1) is 0 Å². The van der Waals surface area contributed by atoms with Crippen LogP contribution in [-0.2, 0) is 6.54 Å². The van der Waals surface area contributed by atoms with Gasteiger partial charge in [-0.25, -0.2) is 13.6 Å². The summed E-state index contributed by atoms with van der Waals surface area (Å²) in [6.45, 7) is 0.0905. The Labute approximate surface area is 166 Å². The number of fused-ring (bicyclic) bond motifs is 1. The Hall–Kier alpha value is -2.97. The maximum atomic E-state index is 12.5. The van der Waals surface area contributed by atoms with E-state index < -0.39 is 19.1 Å². The van der Waals surface area contributed by atoms with Crippen molar-refractivity contribution < 1.29 is 18.7 Å². The maximum Gasteiger partial charge on any atom is 0.404 e. The minimum atomic E-state index is -2.43. The molecule has 1 aromatic carbocycles. The summed E-state index contributed by atoms with van der Waals surface area (Å²) in [6.07, 6.45) is 5.71. The Bertz CT molecular complexity index is 992. The van der Waals surface area contributed by atoms with Crippen molar-refractivity contribution in [1.29, 1.82) is 0 Å². The van der Waals surface area contributed by atoms with Crippen LogP contribution in [0.15, 0.2) is 36.8 Å². The molecule has 1 amide bonds. The SMILES string of the molecule is O=C(O)NC[C@H]1CC[C@H](n2cc3ccc(-c4cnn(CC(F)F)c4)cc3n2)CC1. The predicted octanol–water partition coefficient (Wildman–Crippen LogP) is 4.16. The molecule has 1 aliphatic carbocycles. The average Bonchev–Trinajstić information content (AvgIpc) is 3.32. The maximum absolute atomic E-state index is 12.5. The molecule has 0 spiro atoms. The number of alkyl halides is 2. The smallest absolute Gasteiger partial charge is 0.404 e. The first-order chi connectivity index (χ1) is 14.0. The van der Waals surface area contributed by atoms with E-state index >= 15 is 0 Å². The van der Waals surface area contributed by atoms with Crippen molar-refractivity contribution in [2.24, 2.45) is 5.92 Å². The van der Waals surface area contributed by atoms with Crippen LogP contribution in [0.25, 0.3) is 22.0 Å².